The quantitative estimate of drug-likeness (QED) is 0.550. The number of halogens is 1. The lowest BCUT2D eigenvalue weighted by atomic mass is 10.1. The lowest BCUT2D eigenvalue weighted by Gasteiger charge is -2.25. The maximum Gasteiger partial charge on any atom is 0.243 e. The van der Waals surface area contributed by atoms with E-state index in [1.54, 1.807) is 6.92 Å². The first kappa shape index (κ1) is 21.6. The highest BCUT2D eigenvalue weighted by atomic mass is 32.2. The summed E-state index contributed by atoms with van der Waals surface area (Å²) in [6, 6.07) is 19.4. The molecule has 2 aliphatic heterocycles. The summed E-state index contributed by atoms with van der Waals surface area (Å²) in [6.07, 6.45) is 0.622. The molecule has 0 unspecified atom stereocenters. The third-order valence-electron chi connectivity index (χ3n) is 5.97. The number of rotatable bonds is 2. The largest absolute Gasteiger partial charge is 0.454 e. The van der Waals surface area contributed by atoms with Gasteiger partial charge in [0.05, 0.1) is 10.5 Å². The molecule has 0 aliphatic carbocycles. The summed E-state index contributed by atoms with van der Waals surface area (Å²) in [7, 11) is -3.79. The second-order valence-corrected chi connectivity index (χ2v) is 10.1. The number of hydrogen-bond donors (Lipinski definition) is 0. The third-order valence-corrected chi connectivity index (χ3v) is 7.87. The molecule has 3 aromatic carbocycles. The van der Waals surface area contributed by atoms with Crippen LogP contribution < -0.4 is 4.74 Å². The van der Waals surface area contributed by atoms with E-state index in [1.807, 2.05) is 48.5 Å². The molecule has 0 atom stereocenters. The molecule has 6 nitrogen and oxygen atoms in total. The smallest absolute Gasteiger partial charge is 0.243 e. The van der Waals surface area contributed by atoms with Gasteiger partial charge in [-0.05, 0) is 55.3 Å². The van der Waals surface area contributed by atoms with Gasteiger partial charge in [0.2, 0.25) is 10.0 Å². The molecule has 2 aliphatic rings. The molecule has 8 heteroatoms. The minimum Gasteiger partial charge on any atom is -0.454 e. The molecule has 1 saturated heterocycles. The van der Waals surface area contributed by atoms with Gasteiger partial charge in [0.1, 0.15) is 23.1 Å². The Hall–Kier alpha value is -3.23. The fraction of sp³-hybridized carbons (Fsp3) is 0.240. The van der Waals surface area contributed by atoms with Gasteiger partial charge in [-0.15, -0.1) is 0 Å². The van der Waals surface area contributed by atoms with E-state index in [0.29, 0.717) is 43.1 Å². The van der Waals surface area contributed by atoms with Gasteiger partial charge in [0.25, 0.3) is 0 Å². The minimum absolute atomic E-state index is 0.0153. The average Bonchev–Trinajstić information content (AvgIpc) is 3.16. The number of amidine groups is 1. The molecule has 0 spiro atoms. The second kappa shape index (κ2) is 8.61. The van der Waals surface area contributed by atoms with E-state index < -0.39 is 15.8 Å². The number of sulfonamides is 1. The van der Waals surface area contributed by atoms with Crippen molar-refractivity contribution in [2.75, 3.05) is 26.2 Å². The normalized spacial score (nSPS) is 16.7. The topological polar surface area (TPSA) is 62.2 Å². The van der Waals surface area contributed by atoms with Gasteiger partial charge in [-0.1, -0.05) is 30.3 Å². The van der Waals surface area contributed by atoms with Gasteiger partial charge in [-0.2, -0.15) is 4.31 Å². The molecule has 0 saturated carbocycles. The van der Waals surface area contributed by atoms with E-state index >= 15 is 0 Å². The van der Waals surface area contributed by atoms with Crippen LogP contribution in [0.15, 0.2) is 76.6 Å². The Morgan fingerprint density at radius 2 is 1.67 bits per heavy atom. The summed E-state index contributed by atoms with van der Waals surface area (Å²) in [5.74, 6) is 1.64. The van der Waals surface area contributed by atoms with Crippen molar-refractivity contribution < 1.29 is 17.5 Å². The van der Waals surface area contributed by atoms with Crippen LogP contribution in [-0.4, -0.2) is 49.6 Å². The van der Waals surface area contributed by atoms with Gasteiger partial charge in [-0.3, -0.25) is 0 Å². The van der Waals surface area contributed by atoms with Crippen molar-refractivity contribution in [3.05, 3.63) is 83.7 Å². The fourth-order valence-corrected chi connectivity index (χ4v) is 5.62. The van der Waals surface area contributed by atoms with E-state index in [1.165, 1.54) is 16.4 Å². The lowest BCUT2D eigenvalue weighted by molar-refractivity contribution is 0.407. The number of aryl methyl sites for hydroxylation is 1. The number of ether oxygens (including phenoxy) is 1. The molecule has 5 rings (SSSR count). The van der Waals surface area contributed by atoms with Crippen LogP contribution in [0.1, 0.15) is 17.5 Å². The summed E-state index contributed by atoms with van der Waals surface area (Å²) in [5.41, 5.74) is 2.02. The second-order valence-electron chi connectivity index (χ2n) is 8.16. The number of nitrogens with zero attached hydrogens (tertiary/aromatic N) is 3. The number of para-hydroxylation sites is 3. The van der Waals surface area contributed by atoms with Crippen LogP contribution in [0.3, 0.4) is 0 Å². The Morgan fingerprint density at radius 1 is 0.909 bits per heavy atom. The third kappa shape index (κ3) is 4.12. The van der Waals surface area contributed by atoms with Crippen LogP contribution in [0.4, 0.5) is 10.1 Å². The zero-order chi connectivity index (χ0) is 23.0. The molecule has 0 amide bonds. The number of fused-ring (bicyclic) bond motifs is 2. The molecule has 0 radical (unpaired) electrons. The summed E-state index contributed by atoms with van der Waals surface area (Å²) in [4.78, 5) is 7.00. The Bertz CT molecular complexity index is 1340. The highest BCUT2D eigenvalue weighted by Gasteiger charge is 2.30. The molecule has 0 aromatic heterocycles. The maximum absolute atomic E-state index is 14.0. The Balaban J connectivity index is 1.45. The molecular weight excluding hydrogens is 441 g/mol. The maximum atomic E-state index is 14.0. The number of benzene rings is 3. The first-order valence-electron chi connectivity index (χ1n) is 10.9. The van der Waals surface area contributed by atoms with Gasteiger partial charge in [0.15, 0.2) is 5.75 Å². The average molecular weight is 466 g/mol. The highest BCUT2D eigenvalue weighted by molar-refractivity contribution is 7.89. The van der Waals surface area contributed by atoms with Crippen molar-refractivity contribution in [1.29, 1.82) is 0 Å². The Morgan fingerprint density at radius 3 is 2.48 bits per heavy atom. The SMILES string of the molecule is Cc1ccc(S(=O)(=O)N2CCCN(C3=Nc4ccccc4Oc4ccccc43)CC2)cc1F. The predicted molar refractivity (Wildman–Crippen MR) is 125 cm³/mol. The zero-order valence-electron chi connectivity index (χ0n) is 18.2. The van der Waals surface area contributed by atoms with Gasteiger partial charge < -0.3 is 9.64 Å². The van der Waals surface area contributed by atoms with E-state index in [9.17, 15) is 12.8 Å². The van der Waals surface area contributed by atoms with Crippen LogP contribution in [0.5, 0.6) is 11.5 Å². The molecule has 2 heterocycles. The van der Waals surface area contributed by atoms with E-state index in [2.05, 4.69) is 4.90 Å². The number of aliphatic imine (C=N–C) groups is 1. The van der Waals surface area contributed by atoms with E-state index in [0.717, 1.165) is 23.2 Å². The van der Waals surface area contributed by atoms with Gasteiger partial charge in [0, 0.05) is 26.2 Å². The van der Waals surface area contributed by atoms with Crippen LogP contribution in [0, 0.1) is 12.7 Å². The fourth-order valence-electron chi connectivity index (χ4n) is 4.14. The van der Waals surface area contributed by atoms with Gasteiger partial charge >= 0.3 is 0 Å². The lowest BCUT2D eigenvalue weighted by Crippen LogP contribution is -2.37. The monoisotopic (exact) mass is 465 g/mol. The van der Waals surface area contributed by atoms with E-state index in [-0.39, 0.29) is 11.4 Å². The van der Waals surface area contributed by atoms with Crippen LogP contribution in [0.25, 0.3) is 0 Å². The minimum atomic E-state index is -3.79. The van der Waals surface area contributed by atoms with Crippen molar-refractivity contribution in [2.45, 2.75) is 18.2 Å². The Labute approximate surface area is 193 Å². The van der Waals surface area contributed by atoms with Crippen LogP contribution in [-0.2, 0) is 10.0 Å². The molecule has 3 aromatic rings. The predicted octanol–water partition coefficient (Wildman–Crippen LogP) is 4.71. The highest BCUT2D eigenvalue weighted by Crippen LogP contribution is 2.38. The summed E-state index contributed by atoms with van der Waals surface area (Å²) in [5, 5.41) is 0. The van der Waals surface area contributed by atoms with Gasteiger partial charge in [-0.25, -0.2) is 17.8 Å². The first-order chi connectivity index (χ1) is 15.9. The number of hydrogen-bond acceptors (Lipinski definition) is 5. The molecular formula is C25H24FN3O3S. The summed E-state index contributed by atoms with van der Waals surface area (Å²) < 4.78 is 48.0. The van der Waals surface area contributed by atoms with Crippen molar-refractivity contribution in [3.8, 4) is 11.5 Å². The van der Waals surface area contributed by atoms with Crippen molar-refractivity contribution in [2.24, 2.45) is 4.99 Å². The molecule has 0 bridgehead atoms. The Kier molecular flexibility index (Phi) is 5.64. The molecule has 1 fully saturated rings. The molecule has 0 N–H and O–H groups in total. The van der Waals surface area contributed by atoms with E-state index in [4.69, 9.17) is 9.73 Å². The van der Waals surface area contributed by atoms with Crippen LogP contribution >= 0.6 is 0 Å². The molecule has 33 heavy (non-hydrogen) atoms. The van der Waals surface area contributed by atoms with Crippen molar-refractivity contribution in [1.82, 2.24) is 9.21 Å². The first-order valence-corrected chi connectivity index (χ1v) is 12.3. The standard InChI is InChI=1S/C25H24FN3O3S/c1-18-11-12-19(17-21(18)26)33(30,31)29-14-6-13-28(15-16-29)25-20-7-2-4-9-23(20)32-24-10-5-3-8-22(24)27-25/h2-5,7-12,17H,6,13-16H2,1H3. The zero-order valence-corrected chi connectivity index (χ0v) is 19.1. The van der Waals surface area contributed by atoms with Crippen LogP contribution in [0.2, 0.25) is 0 Å². The summed E-state index contributed by atoms with van der Waals surface area (Å²) in [6.45, 7) is 3.35. The van der Waals surface area contributed by atoms with Crippen molar-refractivity contribution >= 4 is 21.5 Å². The summed E-state index contributed by atoms with van der Waals surface area (Å²) >= 11 is 0. The van der Waals surface area contributed by atoms with Crippen molar-refractivity contribution in [3.63, 3.8) is 0 Å². The molecule has 170 valence electrons.